The number of hydrogen-bond acceptors (Lipinski definition) is 5. The van der Waals surface area contributed by atoms with E-state index >= 15 is 0 Å². The third kappa shape index (κ3) is 2.86. The minimum Gasteiger partial charge on any atom is -0.497 e. The molecule has 0 bridgehead atoms. The van der Waals surface area contributed by atoms with E-state index < -0.39 is 0 Å². The molecule has 3 aromatic rings. The summed E-state index contributed by atoms with van der Waals surface area (Å²) in [7, 11) is 1.64. The number of ether oxygens (including phenoxy) is 1. The van der Waals surface area contributed by atoms with Crippen molar-refractivity contribution in [1.82, 2.24) is 10.1 Å². The first-order chi connectivity index (χ1) is 10.3. The van der Waals surface area contributed by atoms with Gasteiger partial charge in [0.05, 0.1) is 12.7 Å². The first-order valence-electron chi connectivity index (χ1n) is 6.56. The van der Waals surface area contributed by atoms with Gasteiger partial charge in [0.25, 0.3) is 5.89 Å². The van der Waals surface area contributed by atoms with E-state index in [0.29, 0.717) is 23.8 Å². The maximum Gasteiger partial charge on any atom is 0.260 e. The quantitative estimate of drug-likeness (QED) is 0.744. The number of aromatic nitrogens is 2. The van der Waals surface area contributed by atoms with Gasteiger partial charge in [0.2, 0.25) is 0 Å². The molecule has 0 fully saturated rings. The number of nitrogens with zero attached hydrogens (tertiary/aromatic N) is 2. The van der Waals surface area contributed by atoms with Gasteiger partial charge in [0, 0.05) is 12.1 Å². The molecule has 2 aromatic carbocycles. The summed E-state index contributed by atoms with van der Waals surface area (Å²) >= 11 is 0. The molecule has 0 spiro atoms. The monoisotopic (exact) mass is 281 g/mol. The lowest BCUT2D eigenvalue weighted by molar-refractivity contribution is 0.414. The molecule has 0 radical (unpaired) electrons. The molecule has 1 aromatic heterocycles. The lowest BCUT2D eigenvalue weighted by Gasteiger charge is -2.01. The fraction of sp³-hybridized carbons (Fsp3) is 0.125. The molecular formula is C16H15N3O2. The third-order valence-corrected chi connectivity index (χ3v) is 3.16. The van der Waals surface area contributed by atoms with Crippen molar-refractivity contribution in [3.63, 3.8) is 0 Å². The second-order valence-corrected chi connectivity index (χ2v) is 4.63. The van der Waals surface area contributed by atoms with Gasteiger partial charge in [-0.15, -0.1) is 0 Å². The van der Waals surface area contributed by atoms with Crippen molar-refractivity contribution in [2.45, 2.75) is 6.42 Å². The number of anilines is 1. The highest BCUT2D eigenvalue weighted by molar-refractivity contribution is 5.69. The van der Waals surface area contributed by atoms with Gasteiger partial charge in [-0.3, -0.25) is 0 Å². The standard InChI is InChI=1S/C16H15N3O2/c1-20-12-6-4-5-11(9-12)10-15-18-16(21-19-15)13-7-2-3-8-14(13)17/h2-9H,10,17H2,1H3. The van der Waals surface area contributed by atoms with Crippen molar-refractivity contribution < 1.29 is 9.26 Å². The van der Waals surface area contributed by atoms with Gasteiger partial charge in [-0.25, -0.2) is 0 Å². The summed E-state index contributed by atoms with van der Waals surface area (Å²) < 4.78 is 10.5. The Hall–Kier alpha value is -2.82. The van der Waals surface area contributed by atoms with Crippen LogP contribution in [0.3, 0.4) is 0 Å². The Kier molecular flexibility index (Phi) is 3.55. The van der Waals surface area contributed by atoms with E-state index in [-0.39, 0.29) is 0 Å². The van der Waals surface area contributed by atoms with Crippen molar-refractivity contribution in [3.8, 4) is 17.2 Å². The smallest absolute Gasteiger partial charge is 0.260 e. The predicted molar refractivity (Wildman–Crippen MR) is 79.9 cm³/mol. The topological polar surface area (TPSA) is 74.2 Å². The summed E-state index contributed by atoms with van der Waals surface area (Å²) in [4.78, 5) is 4.39. The molecule has 1 heterocycles. The van der Waals surface area contributed by atoms with Crippen LogP contribution in [-0.4, -0.2) is 17.3 Å². The summed E-state index contributed by atoms with van der Waals surface area (Å²) in [6.07, 6.45) is 0.577. The lowest BCUT2D eigenvalue weighted by Crippen LogP contribution is -1.93. The maximum atomic E-state index is 5.91. The van der Waals surface area contributed by atoms with Crippen molar-refractivity contribution in [2.75, 3.05) is 12.8 Å². The fourth-order valence-electron chi connectivity index (χ4n) is 2.09. The fourth-order valence-corrected chi connectivity index (χ4v) is 2.09. The van der Waals surface area contributed by atoms with Crippen molar-refractivity contribution in [2.24, 2.45) is 0 Å². The van der Waals surface area contributed by atoms with Crippen LogP contribution < -0.4 is 10.5 Å². The summed E-state index contributed by atoms with van der Waals surface area (Å²) in [6.45, 7) is 0. The number of methoxy groups -OCH3 is 1. The minimum absolute atomic E-state index is 0.436. The molecule has 3 rings (SSSR count). The zero-order valence-electron chi connectivity index (χ0n) is 11.6. The van der Waals surface area contributed by atoms with E-state index in [0.717, 1.165) is 16.9 Å². The average molecular weight is 281 g/mol. The predicted octanol–water partition coefficient (Wildman–Crippen LogP) is 2.92. The van der Waals surface area contributed by atoms with E-state index in [2.05, 4.69) is 10.1 Å². The summed E-state index contributed by atoms with van der Waals surface area (Å²) in [5.41, 5.74) is 8.34. The minimum atomic E-state index is 0.436. The van der Waals surface area contributed by atoms with Gasteiger partial charge >= 0.3 is 0 Å². The molecule has 0 aliphatic rings. The van der Waals surface area contributed by atoms with Crippen LogP contribution >= 0.6 is 0 Å². The highest BCUT2D eigenvalue weighted by Crippen LogP contribution is 2.24. The van der Waals surface area contributed by atoms with Gasteiger partial charge in [-0.05, 0) is 29.8 Å². The molecule has 21 heavy (non-hydrogen) atoms. The Balaban J connectivity index is 1.84. The molecule has 5 heteroatoms. The van der Waals surface area contributed by atoms with Gasteiger partial charge in [0.1, 0.15) is 5.75 Å². The van der Waals surface area contributed by atoms with E-state index in [4.69, 9.17) is 15.0 Å². The average Bonchev–Trinajstić information content (AvgIpc) is 2.96. The van der Waals surface area contributed by atoms with Crippen LogP contribution in [0.4, 0.5) is 5.69 Å². The van der Waals surface area contributed by atoms with Crippen LogP contribution in [0.5, 0.6) is 5.75 Å². The van der Waals surface area contributed by atoms with Crippen LogP contribution in [0.15, 0.2) is 53.1 Å². The first-order valence-corrected chi connectivity index (χ1v) is 6.56. The Morgan fingerprint density at radius 2 is 2.00 bits per heavy atom. The second kappa shape index (κ2) is 5.66. The Morgan fingerprint density at radius 3 is 2.81 bits per heavy atom. The molecule has 5 nitrogen and oxygen atoms in total. The number of rotatable bonds is 4. The Labute approximate surface area is 122 Å². The Morgan fingerprint density at radius 1 is 1.14 bits per heavy atom. The van der Waals surface area contributed by atoms with Gasteiger partial charge in [-0.1, -0.05) is 29.4 Å². The zero-order chi connectivity index (χ0) is 14.7. The number of hydrogen-bond donors (Lipinski definition) is 1. The largest absolute Gasteiger partial charge is 0.497 e. The molecule has 0 atom stereocenters. The van der Waals surface area contributed by atoms with Crippen molar-refractivity contribution in [1.29, 1.82) is 0 Å². The third-order valence-electron chi connectivity index (χ3n) is 3.16. The van der Waals surface area contributed by atoms with Gasteiger partial charge in [0.15, 0.2) is 5.82 Å². The number of nitrogen functional groups attached to an aromatic ring is 1. The van der Waals surface area contributed by atoms with E-state index in [1.54, 1.807) is 13.2 Å². The summed E-state index contributed by atoms with van der Waals surface area (Å²) in [5, 5.41) is 4.00. The molecule has 0 saturated carbocycles. The highest BCUT2D eigenvalue weighted by Gasteiger charge is 2.11. The SMILES string of the molecule is COc1cccc(Cc2noc(-c3ccccc3N)n2)c1. The van der Waals surface area contributed by atoms with Crippen LogP contribution in [0.1, 0.15) is 11.4 Å². The normalized spacial score (nSPS) is 10.5. The summed E-state index contributed by atoms with van der Waals surface area (Å²) in [6, 6.07) is 15.2. The van der Waals surface area contributed by atoms with Crippen LogP contribution in [0, 0.1) is 0 Å². The maximum absolute atomic E-state index is 5.91. The summed E-state index contributed by atoms with van der Waals surface area (Å²) in [5.74, 6) is 1.86. The first kappa shape index (κ1) is 13.2. The second-order valence-electron chi connectivity index (χ2n) is 4.63. The molecule has 2 N–H and O–H groups in total. The molecule has 0 amide bonds. The molecule has 0 unspecified atom stereocenters. The van der Waals surface area contributed by atoms with E-state index in [1.807, 2.05) is 42.5 Å². The highest BCUT2D eigenvalue weighted by atomic mass is 16.5. The van der Waals surface area contributed by atoms with Crippen molar-refractivity contribution in [3.05, 3.63) is 59.9 Å². The molecule has 0 aliphatic carbocycles. The van der Waals surface area contributed by atoms with Crippen LogP contribution in [0.2, 0.25) is 0 Å². The van der Waals surface area contributed by atoms with Crippen LogP contribution in [0.25, 0.3) is 11.5 Å². The number of benzene rings is 2. The number of para-hydroxylation sites is 1. The number of nitrogens with two attached hydrogens (primary N) is 1. The van der Waals surface area contributed by atoms with Gasteiger partial charge in [-0.2, -0.15) is 4.98 Å². The molecule has 106 valence electrons. The Bertz CT molecular complexity index is 753. The van der Waals surface area contributed by atoms with E-state index in [1.165, 1.54) is 0 Å². The molecular weight excluding hydrogens is 266 g/mol. The molecule has 0 aliphatic heterocycles. The van der Waals surface area contributed by atoms with Crippen molar-refractivity contribution >= 4 is 5.69 Å². The lowest BCUT2D eigenvalue weighted by atomic mass is 10.1. The zero-order valence-corrected chi connectivity index (χ0v) is 11.6. The van der Waals surface area contributed by atoms with E-state index in [9.17, 15) is 0 Å². The van der Waals surface area contributed by atoms with Gasteiger partial charge < -0.3 is 15.0 Å². The molecule has 0 saturated heterocycles. The van der Waals surface area contributed by atoms with Crippen LogP contribution in [-0.2, 0) is 6.42 Å².